The standard InChI is InChI=1S/C14H19N3O2S/c1-9-13(10(2)19-16-9)14(18)15-8-11(17(3)4)12-6-5-7-20-12/h5-7,11H,8H2,1-4H3,(H,15,18)/t11-/m0/s1. The van der Waals surface area contributed by atoms with Crippen LogP contribution in [0.1, 0.15) is 32.7 Å². The Morgan fingerprint density at radius 2 is 2.25 bits per heavy atom. The zero-order valence-electron chi connectivity index (χ0n) is 12.1. The number of aryl methyl sites for hydroxylation is 2. The molecule has 108 valence electrons. The van der Waals surface area contributed by atoms with Gasteiger partial charge in [0.15, 0.2) is 0 Å². The number of carbonyl (C=O) groups excluding carboxylic acids is 1. The number of nitrogens with one attached hydrogen (secondary N) is 1. The Bertz CT molecular complexity index is 556. The quantitative estimate of drug-likeness (QED) is 0.919. The first-order valence-corrected chi connectivity index (χ1v) is 7.29. The van der Waals surface area contributed by atoms with Crippen LogP contribution in [0.4, 0.5) is 0 Å². The van der Waals surface area contributed by atoms with E-state index in [0.29, 0.717) is 23.6 Å². The van der Waals surface area contributed by atoms with E-state index in [0.717, 1.165) is 0 Å². The highest BCUT2D eigenvalue weighted by Gasteiger charge is 2.20. The number of rotatable bonds is 5. The zero-order chi connectivity index (χ0) is 14.7. The van der Waals surface area contributed by atoms with E-state index in [4.69, 9.17) is 4.52 Å². The molecule has 0 aliphatic rings. The van der Waals surface area contributed by atoms with Gasteiger partial charge in [0, 0.05) is 11.4 Å². The van der Waals surface area contributed by atoms with Gasteiger partial charge in [0.25, 0.3) is 5.91 Å². The smallest absolute Gasteiger partial charge is 0.256 e. The van der Waals surface area contributed by atoms with Crippen molar-refractivity contribution in [3.8, 4) is 0 Å². The molecule has 1 N–H and O–H groups in total. The molecule has 0 saturated heterocycles. The van der Waals surface area contributed by atoms with Crippen LogP contribution in [0.2, 0.25) is 0 Å². The van der Waals surface area contributed by atoms with Crippen molar-refractivity contribution in [1.82, 2.24) is 15.4 Å². The lowest BCUT2D eigenvalue weighted by atomic mass is 10.1. The minimum absolute atomic E-state index is 0.135. The van der Waals surface area contributed by atoms with Crippen molar-refractivity contribution >= 4 is 17.2 Å². The highest BCUT2D eigenvalue weighted by Crippen LogP contribution is 2.22. The predicted molar refractivity (Wildman–Crippen MR) is 79.1 cm³/mol. The molecule has 5 nitrogen and oxygen atoms in total. The first-order valence-electron chi connectivity index (χ1n) is 6.41. The van der Waals surface area contributed by atoms with Gasteiger partial charge in [0.2, 0.25) is 0 Å². The third kappa shape index (κ3) is 3.08. The maximum absolute atomic E-state index is 12.2. The van der Waals surface area contributed by atoms with Crippen molar-refractivity contribution < 1.29 is 9.32 Å². The van der Waals surface area contributed by atoms with Gasteiger partial charge in [0.1, 0.15) is 11.3 Å². The maximum Gasteiger partial charge on any atom is 0.256 e. The summed E-state index contributed by atoms with van der Waals surface area (Å²) in [4.78, 5) is 15.5. The van der Waals surface area contributed by atoms with Gasteiger partial charge in [-0.25, -0.2) is 0 Å². The summed E-state index contributed by atoms with van der Waals surface area (Å²) in [6, 6.07) is 4.27. The van der Waals surface area contributed by atoms with Crippen LogP contribution >= 0.6 is 11.3 Å². The number of hydrogen-bond acceptors (Lipinski definition) is 5. The predicted octanol–water partition coefficient (Wildman–Crippen LogP) is 2.39. The van der Waals surface area contributed by atoms with Crippen LogP contribution < -0.4 is 5.32 Å². The highest BCUT2D eigenvalue weighted by atomic mass is 32.1. The Balaban J connectivity index is 2.05. The first kappa shape index (κ1) is 14.7. The lowest BCUT2D eigenvalue weighted by molar-refractivity contribution is 0.0940. The molecule has 0 aromatic carbocycles. The van der Waals surface area contributed by atoms with E-state index in [1.807, 2.05) is 25.5 Å². The highest BCUT2D eigenvalue weighted by molar-refractivity contribution is 7.10. The Labute approximate surface area is 122 Å². The van der Waals surface area contributed by atoms with Crippen LogP contribution in [0.15, 0.2) is 22.0 Å². The molecular weight excluding hydrogens is 274 g/mol. The van der Waals surface area contributed by atoms with Gasteiger partial charge >= 0.3 is 0 Å². The van der Waals surface area contributed by atoms with Gasteiger partial charge in [-0.05, 0) is 39.4 Å². The van der Waals surface area contributed by atoms with Crippen LogP contribution in [0, 0.1) is 13.8 Å². The number of aromatic nitrogens is 1. The Morgan fingerprint density at radius 3 is 2.75 bits per heavy atom. The largest absolute Gasteiger partial charge is 0.361 e. The fourth-order valence-electron chi connectivity index (χ4n) is 2.10. The monoisotopic (exact) mass is 293 g/mol. The molecular formula is C14H19N3O2S. The van der Waals surface area contributed by atoms with Crippen LogP contribution in [0.3, 0.4) is 0 Å². The van der Waals surface area contributed by atoms with E-state index in [2.05, 4.69) is 21.4 Å². The van der Waals surface area contributed by atoms with Gasteiger partial charge in [-0.2, -0.15) is 0 Å². The molecule has 1 amide bonds. The molecule has 0 radical (unpaired) electrons. The number of nitrogens with zero attached hydrogens (tertiary/aromatic N) is 2. The van der Waals surface area contributed by atoms with E-state index >= 15 is 0 Å². The van der Waals surface area contributed by atoms with Gasteiger partial charge < -0.3 is 14.7 Å². The summed E-state index contributed by atoms with van der Waals surface area (Å²) >= 11 is 1.69. The average Bonchev–Trinajstić information content (AvgIpc) is 3.00. The van der Waals surface area contributed by atoms with Crippen molar-refractivity contribution in [2.45, 2.75) is 19.9 Å². The summed E-state index contributed by atoms with van der Waals surface area (Å²) in [6.45, 7) is 4.07. The van der Waals surface area contributed by atoms with Crippen LogP contribution in [-0.2, 0) is 0 Å². The molecule has 6 heteroatoms. The summed E-state index contributed by atoms with van der Waals surface area (Å²) in [6.07, 6.45) is 0. The lowest BCUT2D eigenvalue weighted by Crippen LogP contribution is -2.34. The summed E-state index contributed by atoms with van der Waals surface area (Å²) < 4.78 is 5.02. The Hall–Kier alpha value is -1.66. The van der Waals surface area contributed by atoms with Crippen LogP contribution in [0.5, 0.6) is 0 Å². The summed E-state index contributed by atoms with van der Waals surface area (Å²) in [5, 5.41) is 8.81. The van der Waals surface area contributed by atoms with Crippen molar-refractivity contribution in [2.24, 2.45) is 0 Å². The third-order valence-electron chi connectivity index (χ3n) is 3.21. The molecule has 0 aliphatic carbocycles. The van der Waals surface area contributed by atoms with E-state index in [1.165, 1.54) is 4.88 Å². The lowest BCUT2D eigenvalue weighted by Gasteiger charge is -2.23. The average molecular weight is 293 g/mol. The second kappa shape index (κ2) is 6.19. The van der Waals surface area contributed by atoms with E-state index in [1.54, 1.807) is 25.2 Å². The molecule has 0 unspecified atom stereocenters. The first-order chi connectivity index (χ1) is 9.50. The van der Waals surface area contributed by atoms with Crippen LogP contribution in [0.25, 0.3) is 0 Å². The number of hydrogen-bond donors (Lipinski definition) is 1. The molecule has 2 aromatic heterocycles. The summed E-state index contributed by atoms with van der Waals surface area (Å²) in [5.74, 6) is 0.419. The minimum Gasteiger partial charge on any atom is -0.361 e. The fourth-order valence-corrected chi connectivity index (χ4v) is 3.03. The number of carbonyl (C=O) groups is 1. The molecule has 1 atom stereocenters. The van der Waals surface area contributed by atoms with Gasteiger partial charge in [-0.1, -0.05) is 11.2 Å². The Morgan fingerprint density at radius 1 is 1.50 bits per heavy atom. The zero-order valence-corrected chi connectivity index (χ0v) is 13.0. The van der Waals surface area contributed by atoms with Gasteiger partial charge in [-0.15, -0.1) is 11.3 Å². The van der Waals surface area contributed by atoms with Gasteiger partial charge in [-0.3, -0.25) is 4.79 Å². The molecule has 20 heavy (non-hydrogen) atoms. The van der Waals surface area contributed by atoms with E-state index in [-0.39, 0.29) is 11.9 Å². The number of likely N-dealkylation sites (N-methyl/N-ethyl adjacent to an activating group) is 1. The molecule has 0 bridgehead atoms. The van der Waals surface area contributed by atoms with Crippen molar-refractivity contribution in [1.29, 1.82) is 0 Å². The van der Waals surface area contributed by atoms with E-state index in [9.17, 15) is 4.79 Å². The molecule has 0 fully saturated rings. The molecule has 0 saturated carbocycles. The van der Waals surface area contributed by atoms with Crippen molar-refractivity contribution in [2.75, 3.05) is 20.6 Å². The molecule has 2 aromatic rings. The summed E-state index contributed by atoms with van der Waals surface area (Å²) in [5.41, 5.74) is 1.16. The molecule has 0 aliphatic heterocycles. The van der Waals surface area contributed by atoms with Crippen molar-refractivity contribution in [3.05, 3.63) is 39.4 Å². The molecule has 0 spiro atoms. The summed E-state index contributed by atoms with van der Waals surface area (Å²) in [7, 11) is 4.01. The van der Waals surface area contributed by atoms with Crippen molar-refractivity contribution in [3.63, 3.8) is 0 Å². The maximum atomic E-state index is 12.2. The molecule has 2 heterocycles. The normalized spacial score (nSPS) is 12.7. The Kier molecular flexibility index (Phi) is 4.57. The fraction of sp³-hybridized carbons (Fsp3) is 0.429. The SMILES string of the molecule is Cc1noc(C)c1C(=O)NC[C@@H](c1cccs1)N(C)C. The third-order valence-corrected chi connectivity index (χ3v) is 4.18. The van der Waals surface area contributed by atoms with Crippen LogP contribution in [-0.4, -0.2) is 36.6 Å². The number of thiophene rings is 1. The number of amides is 1. The van der Waals surface area contributed by atoms with Gasteiger partial charge in [0.05, 0.1) is 11.7 Å². The molecule has 2 rings (SSSR count). The topological polar surface area (TPSA) is 58.4 Å². The minimum atomic E-state index is -0.135. The second-order valence-electron chi connectivity index (χ2n) is 4.90. The van der Waals surface area contributed by atoms with E-state index < -0.39 is 0 Å². The second-order valence-corrected chi connectivity index (χ2v) is 5.88.